The van der Waals surface area contributed by atoms with Crippen molar-refractivity contribution in [3.05, 3.63) is 34.3 Å². The molecular formula is C9H8BrNS. The zero-order valence-corrected chi connectivity index (χ0v) is 8.86. The quantitative estimate of drug-likeness (QED) is 0.586. The number of nitrogens with zero attached hydrogens (tertiary/aromatic N) is 1. The molecule has 0 N–H and O–H groups in total. The van der Waals surface area contributed by atoms with Crippen LogP contribution in [0.4, 0.5) is 0 Å². The molecule has 1 aromatic rings. The number of halogens is 1. The van der Waals surface area contributed by atoms with Crippen molar-refractivity contribution in [2.45, 2.75) is 6.42 Å². The van der Waals surface area contributed by atoms with Crippen LogP contribution in [0.25, 0.3) is 0 Å². The van der Waals surface area contributed by atoms with Gasteiger partial charge in [0.25, 0.3) is 0 Å². The highest BCUT2D eigenvalue weighted by atomic mass is 79.9. The van der Waals surface area contributed by atoms with Crippen LogP contribution in [0.15, 0.2) is 33.7 Å². The van der Waals surface area contributed by atoms with E-state index < -0.39 is 0 Å². The van der Waals surface area contributed by atoms with Gasteiger partial charge < -0.3 is 0 Å². The first-order valence-corrected chi connectivity index (χ1v) is 4.81. The molecule has 0 amide bonds. The largest absolute Gasteiger partial charge is 0.232 e. The fraction of sp³-hybridized carbons (Fsp3) is 0.222. The van der Waals surface area contributed by atoms with Gasteiger partial charge in [-0.25, -0.2) is 4.99 Å². The van der Waals surface area contributed by atoms with E-state index in [1.165, 1.54) is 5.56 Å². The van der Waals surface area contributed by atoms with Crippen LogP contribution in [-0.4, -0.2) is 11.7 Å². The second-order valence-corrected chi connectivity index (χ2v) is 3.45. The maximum atomic E-state index is 4.47. The molecule has 62 valence electrons. The summed E-state index contributed by atoms with van der Waals surface area (Å²) in [6, 6.07) is 8.18. The summed E-state index contributed by atoms with van der Waals surface area (Å²) in [5, 5.41) is 2.35. The Balaban J connectivity index is 2.57. The maximum Gasteiger partial charge on any atom is 0.0585 e. The van der Waals surface area contributed by atoms with E-state index in [-0.39, 0.29) is 0 Å². The molecular weight excluding hydrogens is 234 g/mol. The van der Waals surface area contributed by atoms with E-state index >= 15 is 0 Å². The van der Waals surface area contributed by atoms with Crippen molar-refractivity contribution in [1.82, 2.24) is 0 Å². The number of hydrogen-bond acceptors (Lipinski definition) is 2. The normalized spacial score (nSPS) is 9.08. The highest BCUT2D eigenvalue weighted by molar-refractivity contribution is 9.10. The van der Waals surface area contributed by atoms with Crippen LogP contribution in [0, 0.1) is 0 Å². The van der Waals surface area contributed by atoms with Gasteiger partial charge in [0.2, 0.25) is 0 Å². The molecule has 1 nitrogen and oxygen atoms in total. The van der Waals surface area contributed by atoms with Crippen LogP contribution in [-0.2, 0) is 6.42 Å². The lowest BCUT2D eigenvalue weighted by molar-refractivity contribution is 0.975. The van der Waals surface area contributed by atoms with Crippen molar-refractivity contribution in [3.63, 3.8) is 0 Å². The van der Waals surface area contributed by atoms with Crippen LogP contribution >= 0.6 is 28.1 Å². The van der Waals surface area contributed by atoms with Gasteiger partial charge in [0.05, 0.1) is 11.7 Å². The molecule has 0 aliphatic heterocycles. The van der Waals surface area contributed by atoms with Gasteiger partial charge in [0.1, 0.15) is 0 Å². The molecule has 0 bridgehead atoms. The van der Waals surface area contributed by atoms with Crippen molar-refractivity contribution in [2.24, 2.45) is 4.99 Å². The molecule has 1 rings (SSSR count). The van der Waals surface area contributed by atoms with Gasteiger partial charge in [-0.05, 0) is 36.3 Å². The monoisotopic (exact) mass is 241 g/mol. The molecule has 0 aromatic heterocycles. The zero-order valence-electron chi connectivity index (χ0n) is 6.46. The Labute approximate surface area is 85.6 Å². The standard InChI is InChI=1S/C9H8BrNS/c10-9-3-1-2-8(6-9)4-5-11-7-12/h1-3,6H,4-5H2. The molecule has 0 saturated carbocycles. The molecule has 0 aliphatic rings. The summed E-state index contributed by atoms with van der Waals surface area (Å²) in [6.07, 6.45) is 0.920. The van der Waals surface area contributed by atoms with Crippen molar-refractivity contribution >= 4 is 33.3 Å². The molecule has 0 aliphatic carbocycles. The Bertz CT molecular complexity index is 305. The predicted molar refractivity (Wildman–Crippen MR) is 57.7 cm³/mol. The summed E-state index contributed by atoms with van der Waals surface area (Å²) < 4.78 is 1.10. The molecule has 0 fully saturated rings. The van der Waals surface area contributed by atoms with Crippen LogP contribution in [0.2, 0.25) is 0 Å². The molecule has 0 saturated heterocycles. The second-order valence-electron chi connectivity index (χ2n) is 2.35. The summed E-state index contributed by atoms with van der Waals surface area (Å²) in [7, 11) is 0. The Morgan fingerprint density at radius 1 is 1.50 bits per heavy atom. The lowest BCUT2D eigenvalue weighted by Gasteiger charge is -1.97. The Morgan fingerprint density at radius 2 is 2.33 bits per heavy atom. The molecule has 0 unspecified atom stereocenters. The highest BCUT2D eigenvalue weighted by Crippen LogP contribution is 2.11. The van der Waals surface area contributed by atoms with Crippen LogP contribution < -0.4 is 0 Å². The van der Waals surface area contributed by atoms with Crippen molar-refractivity contribution in [3.8, 4) is 0 Å². The lowest BCUT2D eigenvalue weighted by atomic mass is 10.2. The van der Waals surface area contributed by atoms with Crippen molar-refractivity contribution in [1.29, 1.82) is 0 Å². The van der Waals surface area contributed by atoms with Gasteiger partial charge in [-0.1, -0.05) is 28.1 Å². The van der Waals surface area contributed by atoms with E-state index in [1.54, 1.807) is 0 Å². The van der Waals surface area contributed by atoms with Crippen LogP contribution in [0.5, 0.6) is 0 Å². The Morgan fingerprint density at radius 3 is 3.00 bits per heavy atom. The number of thiocarbonyl (C=S) groups is 1. The van der Waals surface area contributed by atoms with Gasteiger partial charge in [-0.2, -0.15) is 0 Å². The van der Waals surface area contributed by atoms with Crippen LogP contribution in [0.1, 0.15) is 5.56 Å². The van der Waals surface area contributed by atoms with E-state index in [0.29, 0.717) is 0 Å². The van der Waals surface area contributed by atoms with Gasteiger partial charge in [0, 0.05) is 4.47 Å². The van der Waals surface area contributed by atoms with Crippen molar-refractivity contribution < 1.29 is 0 Å². The third-order valence-electron chi connectivity index (χ3n) is 1.47. The van der Waals surface area contributed by atoms with E-state index in [9.17, 15) is 0 Å². The Kier molecular flexibility index (Phi) is 4.15. The first-order valence-electron chi connectivity index (χ1n) is 3.61. The number of isothiocyanates is 1. The number of aliphatic imine (C=N–C) groups is 1. The van der Waals surface area contributed by atoms with Gasteiger partial charge in [-0.15, -0.1) is 0 Å². The summed E-state index contributed by atoms with van der Waals surface area (Å²) in [6.45, 7) is 0.722. The van der Waals surface area contributed by atoms with E-state index in [1.807, 2.05) is 12.1 Å². The minimum atomic E-state index is 0.722. The molecule has 0 spiro atoms. The van der Waals surface area contributed by atoms with E-state index in [2.05, 4.69) is 50.4 Å². The minimum Gasteiger partial charge on any atom is -0.232 e. The minimum absolute atomic E-state index is 0.722. The number of benzene rings is 1. The second kappa shape index (κ2) is 5.20. The average molecular weight is 242 g/mol. The third-order valence-corrected chi connectivity index (χ3v) is 2.09. The summed E-state index contributed by atoms with van der Waals surface area (Å²) in [4.78, 5) is 3.85. The molecule has 12 heavy (non-hydrogen) atoms. The fourth-order valence-corrected chi connectivity index (χ4v) is 1.46. The summed E-state index contributed by atoms with van der Waals surface area (Å²) in [5.74, 6) is 0. The van der Waals surface area contributed by atoms with Crippen LogP contribution in [0.3, 0.4) is 0 Å². The third kappa shape index (κ3) is 3.26. The fourth-order valence-electron chi connectivity index (χ4n) is 0.923. The molecule has 1 aromatic carbocycles. The first-order chi connectivity index (χ1) is 5.83. The average Bonchev–Trinajstić information content (AvgIpc) is 2.05. The topological polar surface area (TPSA) is 12.4 Å². The van der Waals surface area contributed by atoms with Crippen molar-refractivity contribution in [2.75, 3.05) is 6.54 Å². The smallest absolute Gasteiger partial charge is 0.0585 e. The summed E-state index contributed by atoms with van der Waals surface area (Å²) >= 11 is 7.87. The molecule has 3 heteroatoms. The lowest BCUT2D eigenvalue weighted by Crippen LogP contribution is -1.87. The SMILES string of the molecule is S=C=NCCc1cccc(Br)c1. The first kappa shape index (κ1) is 9.59. The summed E-state index contributed by atoms with van der Waals surface area (Å²) in [5.41, 5.74) is 1.26. The van der Waals surface area contributed by atoms with Gasteiger partial charge in [-0.3, -0.25) is 0 Å². The molecule has 0 atom stereocenters. The number of hydrogen-bond donors (Lipinski definition) is 0. The van der Waals surface area contributed by atoms with E-state index in [4.69, 9.17) is 0 Å². The highest BCUT2D eigenvalue weighted by Gasteiger charge is 1.91. The van der Waals surface area contributed by atoms with E-state index in [0.717, 1.165) is 17.4 Å². The predicted octanol–water partition coefficient (Wildman–Crippen LogP) is 3.09. The molecule has 0 heterocycles. The van der Waals surface area contributed by atoms with Gasteiger partial charge in [0.15, 0.2) is 0 Å². The molecule has 0 radical (unpaired) electrons. The van der Waals surface area contributed by atoms with Gasteiger partial charge >= 0.3 is 0 Å². The number of rotatable bonds is 3. The maximum absolute atomic E-state index is 4.47. The zero-order chi connectivity index (χ0) is 8.81. The Hall–Kier alpha value is -0.500.